The van der Waals surface area contributed by atoms with Gasteiger partial charge in [-0.3, -0.25) is 4.79 Å². The number of hydrogen-bond acceptors (Lipinski definition) is 5. The van der Waals surface area contributed by atoms with Crippen molar-refractivity contribution in [2.24, 2.45) is 0 Å². The second-order valence-electron chi connectivity index (χ2n) is 5.36. The zero-order valence-electron chi connectivity index (χ0n) is 13.4. The van der Waals surface area contributed by atoms with Crippen molar-refractivity contribution in [2.45, 2.75) is 26.5 Å². The molecule has 0 bridgehead atoms. The first-order valence-electron chi connectivity index (χ1n) is 7.27. The smallest absolute Gasteiger partial charge is 0.368 e. The number of para-hydroxylation sites is 1. The number of ether oxygens (including phenoxy) is 2. The Hall–Kier alpha value is -2.14. The van der Waals surface area contributed by atoms with E-state index < -0.39 is 11.7 Å². The van der Waals surface area contributed by atoms with Gasteiger partial charge in [-0.05, 0) is 32.9 Å². The first-order valence-corrected chi connectivity index (χ1v) is 7.27. The largest absolute Gasteiger partial charge is 0.462 e. The second-order valence-corrected chi connectivity index (χ2v) is 5.36. The number of esters is 1. The van der Waals surface area contributed by atoms with Gasteiger partial charge in [-0.2, -0.15) is 0 Å². The molecule has 0 amide bonds. The molecule has 5 nitrogen and oxygen atoms in total. The monoisotopic (exact) mass is 303 g/mol. The van der Waals surface area contributed by atoms with Gasteiger partial charge in [0.05, 0.1) is 18.9 Å². The fraction of sp³-hybridized carbons (Fsp3) is 0.412. The molecule has 1 unspecified atom stereocenters. The van der Waals surface area contributed by atoms with Crippen LogP contribution in [0.25, 0.3) is 0 Å². The molecule has 0 spiro atoms. The number of carbonyl (C=O) groups is 2. The van der Waals surface area contributed by atoms with E-state index >= 15 is 0 Å². The number of anilines is 1. The van der Waals surface area contributed by atoms with Crippen LogP contribution in [0.5, 0.6) is 0 Å². The summed E-state index contributed by atoms with van der Waals surface area (Å²) in [7, 11) is 1.67. The lowest BCUT2D eigenvalue weighted by molar-refractivity contribution is -0.163. The Morgan fingerprint density at radius 3 is 2.59 bits per heavy atom. The van der Waals surface area contributed by atoms with E-state index in [0.29, 0.717) is 11.3 Å². The summed E-state index contributed by atoms with van der Waals surface area (Å²) >= 11 is 0. The molecule has 1 aliphatic heterocycles. The quantitative estimate of drug-likeness (QED) is 0.475. The zero-order valence-corrected chi connectivity index (χ0v) is 13.4. The first-order chi connectivity index (χ1) is 10.4. The highest BCUT2D eigenvalue weighted by Crippen LogP contribution is 2.39. The van der Waals surface area contributed by atoms with Crippen molar-refractivity contribution < 1.29 is 19.1 Å². The van der Waals surface area contributed by atoms with Crippen molar-refractivity contribution in [1.82, 2.24) is 0 Å². The Labute approximate surface area is 130 Å². The van der Waals surface area contributed by atoms with Gasteiger partial charge >= 0.3 is 11.7 Å². The van der Waals surface area contributed by atoms with E-state index in [0.717, 1.165) is 5.57 Å². The van der Waals surface area contributed by atoms with Crippen molar-refractivity contribution in [1.29, 1.82) is 0 Å². The Morgan fingerprint density at radius 1 is 1.32 bits per heavy atom. The van der Waals surface area contributed by atoms with Gasteiger partial charge in [0.2, 0.25) is 5.78 Å². The molecular weight excluding hydrogens is 282 g/mol. The number of ketones is 1. The molecule has 0 fully saturated rings. The summed E-state index contributed by atoms with van der Waals surface area (Å²) in [5, 5.41) is 0. The van der Waals surface area contributed by atoms with Crippen LogP contribution in [0.2, 0.25) is 0 Å². The van der Waals surface area contributed by atoms with Gasteiger partial charge < -0.3 is 14.4 Å². The van der Waals surface area contributed by atoms with Crippen molar-refractivity contribution >= 4 is 17.4 Å². The summed E-state index contributed by atoms with van der Waals surface area (Å²) in [5.41, 5.74) is 0.434. The summed E-state index contributed by atoms with van der Waals surface area (Å²) < 4.78 is 10.9. The van der Waals surface area contributed by atoms with Crippen LogP contribution in [-0.2, 0) is 14.3 Å². The van der Waals surface area contributed by atoms with Gasteiger partial charge in [0.25, 0.3) is 0 Å². The summed E-state index contributed by atoms with van der Waals surface area (Å²) in [5.74, 6) is -1.06. The maximum atomic E-state index is 12.8. The van der Waals surface area contributed by atoms with E-state index in [-0.39, 0.29) is 19.0 Å². The predicted octanol–water partition coefficient (Wildman–Crippen LogP) is 2.56. The van der Waals surface area contributed by atoms with Crippen molar-refractivity contribution in [3.05, 3.63) is 41.5 Å². The third-order valence-corrected chi connectivity index (χ3v) is 3.63. The average molecular weight is 303 g/mol. The molecule has 22 heavy (non-hydrogen) atoms. The molecule has 5 heteroatoms. The lowest BCUT2D eigenvalue weighted by Crippen LogP contribution is -2.58. The summed E-state index contributed by atoms with van der Waals surface area (Å²) in [4.78, 5) is 26.9. The van der Waals surface area contributed by atoms with Crippen molar-refractivity contribution in [3.8, 4) is 0 Å². The SMILES string of the molecule is CCOC(=O)C1(OCC=C(C)C)C(=O)c2ccccc2N1C. The highest BCUT2D eigenvalue weighted by atomic mass is 16.6. The van der Waals surface area contributed by atoms with E-state index in [2.05, 4.69) is 0 Å². The van der Waals surface area contributed by atoms with Crippen LogP contribution in [0.4, 0.5) is 5.69 Å². The highest BCUT2D eigenvalue weighted by molar-refractivity contribution is 6.23. The summed E-state index contributed by atoms with van der Waals surface area (Å²) in [6.07, 6.45) is 1.82. The first kappa shape index (κ1) is 16.2. The Bertz CT molecular complexity index is 619. The number of carbonyl (C=O) groups excluding carboxylic acids is 2. The molecule has 1 aliphatic rings. The molecule has 0 aliphatic carbocycles. The molecule has 0 N–H and O–H groups in total. The number of nitrogens with zero attached hydrogens (tertiary/aromatic N) is 1. The van der Waals surface area contributed by atoms with Gasteiger partial charge in [0.1, 0.15) is 0 Å². The lowest BCUT2D eigenvalue weighted by atomic mass is 10.1. The van der Waals surface area contributed by atoms with Gasteiger partial charge in [-0.25, -0.2) is 4.79 Å². The lowest BCUT2D eigenvalue weighted by Gasteiger charge is -2.33. The zero-order chi connectivity index (χ0) is 16.3. The van der Waals surface area contributed by atoms with Gasteiger partial charge in [0, 0.05) is 12.6 Å². The topological polar surface area (TPSA) is 55.8 Å². The third-order valence-electron chi connectivity index (χ3n) is 3.63. The minimum Gasteiger partial charge on any atom is -0.462 e. The number of Topliss-reactive ketones (excluding diaryl/α,β-unsaturated/α-hetero) is 1. The molecule has 0 saturated carbocycles. The van der Waals surface area contributed by atoms with Crippen LogP contribution < -0.4 is 4.90 Å². The van der Waals surface area contributed by atoms with Crippen LogP contribution >= 0.6 is 0 Å². The number of benzene rings is 1. The fourth-order valence-corrected chi connectivity index (χ4v) is 2.47. The van der Waals surface area contributed by atoms with Crippen LogP contribution in [0.3, 0.4) is 0 Å². The molecule has 0 radical (unpaired) electrons. The van der Waals surface area contributed by atoms with E-state index in [9.17, 15) is 9.59 Å². The normalized spacial score (nSPS) is 19.8. The number of hydrogen-bond donors (Lipinski definition) is 0. The van der Waals surface area contributed by atoms with Gasteiger partial charge in [-0.1, -0.05) is 23.8 Å². The molecule has 0 saturated heterocycles. The Kier molecular flexibility index (Phi) is 4.66. The van der Waals surface area contributed by atoms with Crippen LogP contribution in [0, 0.1) is 0 Å². The standard InChI is InChI=1S/C17H21NO4/c1-5-21-16(20)17(22-11-10-12(2)3)15(19)13-8-6-7-9-14(13)18(17)4/h6-10H,5,11H2,1-4H3. The highest BCUT2D eigenvalue weighted by Gasteiger charge is 2.58. The average Bonchev–Trinajstić information content (AvgIpc) is 2.70. The van der Waals surface area contributed by atoms with E-state index in [4.69, 9.17) is 9.47 Å². The molecular formula is C17H21NO4. The molecule has 0 aromatic heterocycles. The Morgan fingerprint density at radius 2 is 2.00 bits per heavy atom. The molecule has 1 aromatic rings. The van der Waals surface area contributed by atoms with E-state index in [1.54, 1.807) is 37.1 Å². The maximum Gasteiger partial charge on any atom is 0.368 e. The molecule has 2 rings (SSSR count). The minimum absolute atomic E-state index is 0.158. The van der Waals surface area contributed by atoms with Crippen LogP contribution in [0.15, 0.2) is 35.9 Å². The number of likely N-dealkylation sites (N-methyl/N-ethyl adjacent to an activating group) is 1. The van der Waals surface area contributed by atoms with E-state index in [1.807, 2.05) is 26.0 Å². The van der Waals surface area contributed by atoms with Crippen molar-refractivity contribution in [3.63, 3.8) is 0 Å². The van der Waals surface area contributed by atoms with Gasteiger partial charge in [-0.15, -0.1) is 0 Å². The minimum atomic E-state index is -1.74. The van der Waals surface area contributed by atoms with Crippen molar-refractivity contribution in [2.75, 3.05) is 25.2 Å². The number of rotatable bonds is 5. The second kappa shape index (κ2) is 6.32. The Balaban J connectivity index is 2.44. The molecule has 1 aromatic carbocycles. The van der Waals surface area contributed by atoms with Gasteiger partial charge in [0.15, 0.2) is 0 Å². The summed E-state index contributed by atoms with van der Waals surface area (Å²) in [6.45, 7) is 5.90. The molecule has 118 valence electrons. The molecule has 1 heterocycles. The van der Waals surface area contributed by atoms with E-state index in [1.165, 1.54) is 0 Å². The number of fused-ring (bicyclic) bond motifs is 1. The maximum absolute atomic E-state index is 12.8. The summed E-state index contributed by atoms with van der Waals surface area (Å²) in [6, 6.07) is 7.07. The van der Waals surface area contributed by atoms with Crippen LogP contribution in [-0.4, -0.2) is 37.7 Å². The fourth-order valence-electron chi connectivity index (χ4n) is 2.47. The predicted molar refractivity (Wildman–Crippen MR) is 83.9 cm³/mol. The third kappa shape index (κ3) is 2.52. The van der Waals surface area contributed by atoms with Crippen LogP contribution in [0.1, 0.15) is 31.1 Å². The number of allylic oxidation sites excluding steroid dienone is 1. The molecule has 1 atom stereocenters.